The summed E-state index contributed by atoms with van der Waals surface area (Å²) in [6.45, 7) is 0.672. The lowest BCUT2D eigenvalue weighted by Crippen LogP contribution is -2.48. The second-order valence-electron chi connectivity index (χ2n) is 6.01. The van der Waals surface area contributed by atoms with E-state index in [0.717, 1.165) is 17.6 Å². The zero-order valence-corrected chi connectivity index (χ0v) is 12.5. The van der Waals surface area contributed by atoms with E-state index in [9.17, 15) is 9.59 Å². The minimum atomic E-state index is -0.283. The van der Waals surface area contributed by atoms with Crippen LogP contribution in [-0.2, 0) is 20.7 Å². The Morgan fingerprint density at radius 1 is 1.32 bits per heavy atom. The number of esters is 1. The van der Waals surface area contributed by atoms with Crippen LogP contribution in [0.3, 0.4) is 0 Å². The number of fused-ring (bicyclic) bond motifs is 5. The van der Waals surface area contributed by atoms with Crippen LogP contribution in [0.25, 0.3) is 10.9 Å². The van der Waals surface area contributed by atoms with E-state index in [0.29, 0.717) is 19.4 Å². The van der Waals surface area contributed by atoms with Gasteiger partial charge in [0, 0.05) is 29.6 Å². The van der Waals surface area contributed by atoms with Crippen molar-refractivity contribution >= 4 is 22.8 Å². The molecule has 5 nitrogen and oxygen atoms in total. The van der Waals surface area contributed by atoms with Gasteiger partial charge in [0.05, 0.1) is 19.1 Å². The Labute approximate surface area is 128 Å². The van der Waals surface area contributed by atoms with Crippen LogP contribution in [0.1, 0.15) is 30.1 Å². The Morgan fingerprint density at radius 2 is 2.14 bits per heavy atom. The molecule has 1 N–H and O–H groups in total. The highest BCUT2D eigenvalue weighted by molar-refractivity contribution is 5.88. The molecule has 114 valence electrons. The van der Waals surface area contributed by atoms with E-state index in [1.54, 1.807) is 0 Å². The molecule has 1 saturated heterocycles. The predicted octanol–water partition coefficient (Wildman–Crippen LogP) is 2.18. The Kier molecular flexibility index (Phi) is 2.96. The first-order valence-corrected chi connectivity index (χ1v) is 7.67. The van der Waals surface area contributed by atoms with Crippen LogP contribution in [-0.4, -0.2) is 35.4 Å². The van der Waals surface area contributed by atoms with Crippen LogP contribution < -0.4 is 0 Å². The van der Waals surface area contributed by atoms with E-state index >= 15 is 0 Å². The Morgan fingerprint density at radius 3 is 2.95 bits per heavy atom. The van der Waals surface area contributed by atoms with Crippen LogP contribution >= 0.6 is 0 Å². The summed E-state index contributed by atoms with van der Waals surface area (Å²) >= 11 is 0. The number of benzene rings is 1. The molecule has 2 aliphatic heterocycles. The number of ether oxygens (including phenoxy) is 1. The summed E-state index contributed by atoms with van der Waals surface area (Å²) in [4.78, 5) is 29.7. The highest BCUT2D eigenvalue weighted by Gasteiger charge is 2.45. The van der Waals surface area contributed by atoms with Crippen molar-refractivity contribution < 1.29 is 14.3 Å². The van der Waals surface area contributed by atoms with Gasteiger partial charge in [-0.3, -0.25) is 9.59 Å². The molecule has 0 aliphatic carbocycles. The van der Waals surface area contributed by atoms with E-state index in [4.69, 9.17) is 4.74 Å². The van der Waals surface area contributed by atoms with Crippen LogP contribution in [0.5, 0.6) is 0 Å². The molecule has 0 spiro atoms. The average molecular weight is 298 g/mol. The fraction of sp³-hybridized carbons (Fsp3) is 0.412. The molecule has 1 aromatic carbocycles. The zero-order chi connectivity index (χ0) is 15.3. The van der Waals surface area contributed by atoms with Crippen LogP contribution in [0, 0.1) is 5.92 Å². The fourth-order valence-corrected chi connectivity index (χ4v) is 3.95. The number of carbonyl (C=O) groups is 2. The van der Waals surface area contributed by atoms with Crippen LogP contribution in [0.15, 0.2) is 24.3 Å². The summed E-state index contributed by atoms with van der Waals surface area (Å²) in [5.41, 5.74) is 3.31. The number of hydrogen-bond donors (Lipinski definition) is 1. The van der Waals surface area contributed by atoms with Crippen molar-refractivity contribution in [2.75, 3.05) is 13.7 Å². The number of nitrogens with one attached hydrogen (secondary N) is 1. The maximum Gasteiger partial charge on any atom is 0.311 e. The van der Waals surface area contributed by atoms with E-state index in [1.165, 1.54) is 18.1 Å². The summed E-state index contributed by atoms with van der Waals surface area (Å²) in [5, 5.41) is 1.19. The van der Waals surface area contributed by atoms with Crippen molar-refractivity contribution in [1.82, 2.24) is 9.88 Å². The Balaban J connectivity index is 1.88. The van der Waals surface area contributed by atoms with Crippen molar-refractivity contribution in [2.24, 2.45) is 5.92 Å². The second-order valence-corrected chi connectivity index (χ2v) is 6.01. The molecule has 2 aliphatic rings. The summed E-state index contributed by atoms with van der Waals surface area (Å²) in [6.07, 6.45) is 1.81. The third kappa shape index (κ3) is 1.78. The Bertz CT molecular complexity index is 764. The quantitative estimate of drug-likeness (QED) is 0.821. The molecule has 2 aromatic rings. The lowest BCUT2D eigenvalue weighted by molar-refractivity contribution is -0.155. The highest BCUT2D eigenvalue weighted by atomic mass is 16.5. The molecule has 1 aromatic heterocycles. The number of aromatic amines is 1. The number of amides is 1. The molecule has 1 fully saturated rings. The lowest BCUT2D eigenvalue weighted by atomic mass is 9.82. The zero-order valence-electron chi connectivity index (χ0n) is 12.5. The molecule has 4 rings (SSSR count). The maximum absolute atomic E-state index is 12.3. The number of para-hydroxylation sites is 1. The van der Waals surface area contributed by atoms with Crippen molar-refractivity contribution in [3.8, 4) is 0 Å². The van der Waals surface area contributed by atoms with E-state index < -0.39 is 0 Å². The summed E-state index contributed by atoms with van der Waals surface area (Å²) in [6, 6.07) is 7.93. The number of hydrogen-bond acceptors (Lipinski definition) is 3. The topological polar surface area (TPSA) is 62.4 Å². The molecular formula is C17H18N2O3. The van der Waals surface area contributed by atoms with Gasteiger partial charge < -0.3 is 14.6 Å². The minimum Gasteiger partial charge on any atom is -0.469 e. The number of aromatic nitrogens is 1. The third-order valence-corrected chi connectivity index (χ3v) is 4.96. The standard InChI is InChI=1S/C17H18N2O3/c1-22-17(21)12-6-7-14(20)19-9-8-11-10-4-2-3-5-13(10)18-15(11)16(12)19/h2-5,12,16,18H,6-9H2,1H3/t12-,16-/m0/s1. The van der Waals surface area contributed by atoms with E-state index in [1.807, 2.05) is 23.1 Å². The predicted molar refractivity (Wildman–Crippen MR) is 81.2 cm³/mol. The number of rotatable bonds is 1. The molecule has 0 saturated carbocycles. The van der Waals surface area contributed by atoms with Crippen molar-refractivity contribution in [1.29, 1.82) is 0 Å². The third-order valence-electron chi connectivity index (χ3n) is 4.96. The number of H-pyrrole nitrogens is 1. The number of carbonyl (C=O) groups excluding carboxylic acids is 2. The molecule has 1 amide bonds. The molecule has 2 atom stereocenters. The van der Waals surface area contributed by atoms with Gasteiger partial charge in [-0.15, -0.1) is 0 Å². The van der Waals surface area contributed by atoms with Gasteiger partial charge in [0.2, 0.25) is 5.91 Å². The normalized spacial score (nSPS) is 24.0. The molecule has 0 unspecified atom stereocenters. The van der Waals surface area contributed by atoms with Crippen LogP contribution in [0.2, 0.25) is 0 Å². The van der Waals surface area contributed by atoms with Gasteiger partial charge in [-0.25, -0.2) is 0 Å². The molecule has 22 heavy (non-hydrogen) atoms. The van der Waals surface area contributed by atoms with Gasteiger partial charge in [0.25, 0.3) is 0 Å². The largest absolute Gasteiger partial charge is 0.469 e. The lowest BCUT2D eigenvalue weighted by Gasteiger charge is -2.42. The molecule has 0 bridgehead atoms. The van der Waals surface area contributed by atoms with Gasteiger partial charge >= 0.3 is 5.97 Å². The van der Waals surface area contributed by atoms with Crippen molar-refractivity contribution in [2.45, 2.75) is 25.3 Å². The second kappa shape index (κ2) is 4.87. The van der Waals surface area contributed by atoms with Gasteiger partial charge in [0.1, 0.15) is 0 Å². The number of piperidine rings is 1. The van der Waals surface area contributed by atoms with Crippen LogP contribution in [0.4, 0.5) is 0 Å². The molecule has 5 heteroatoms. The number of nitrogens with zero attached hydrogens (tertiary/aromatic N) is 1. The van der Waals surface area contributed by atoms with E-state index in [-0.39, 0.29) is 23.8 Å². The van der Waals surface area contributed by atoms with E-state index in [2.05, 4.69) is 11.1 Å². The monoisotopic (exact) mass is 298 g/mol. The Hall–Kier alpha value is -2.30. The smallest absolute Gasteiger partial charge is 0.311 e. The summed E-state index contributed by atoms with van der Waals surface area (Å²) < 4.78 is 4.97. The molecular weight excluding hydrogens is 280 g/mol. The highest BCUT2D eigenvalue weighted by Crippen LogP contribution is 2.43. The summed E-state index contributed by atoms with van der Waals surface area (Å²) in [7, 11) is 1.41. The van der Waals surface area contributed by atoms with Crippen molar-refractivity contribution in [3.05, 3.63) is 35.5 Å². The number of methoxy groups -OCH3 is 1. The fourth-order valence-electron chi connectivity index (χ4n) is 3.95. The van der Waals surface area contributed by atoms with Gasteiger partial charge in [-0.05, 0) is 24.5 Å². The molecule has 0 radical (unpaired) electrons. The first-order valence-electron chi connectivity index (χ1n) is 7.67. The summed E-state index contributed by atoms with van der Waals surface area (Å²) in [5.74, 6) is -0.377. The SMILES string of the molecule is COC(=O)[C@H]1CCC(=O)N2CCc3c([nH]c4ccccc34)[C@H]12. The first-order chi connectivity index (χ1) is 10.7. The first kappa shape index (κ1) is 13.4. The average Bonchev–Trinajstić information content (AvgIpc) is 2.93. The van der Waals surface area contributed by atoms with Gasteiger partial charge in [-0.2, -0.15) is 0 Å². The minimum absolute atomic E-state index is 0.134. The van der Waals surface area contributed by atoms with Gasteiger partial charge in [0.15, 0.2) is 0 Å². The van der Waals surface area contributed by atoms with Crippen molar-refractivity contribution in [3.63, 3.8) is 0 Å². The maximum atomic E-state index is 12.3. The van der Waals surface area contributed by atoms with Gasteiger partial charge in [-0.1, -0.05) is 18.2 Å². The molecule has 3 heterocycles.